The van der Waals surface area contributed by atoms with E-state index in [1.54, 1.807) is 66.7 Å². The van der Waals surface area contributed by atoms with Gasteiger partial charge in [0, 0.05) is 23.1 Å². The molecule has 1 heterocycles. The Labute approximate surface area is 165 Å². The number of pyridine rings is 1. The molecule has 0 unspecified atom stereocenters. The summed E-state index contributed by atoms with van der Waals surface area (Å²) in [4.78, 5) is 17.4. The van der Waals surface area contributed by atoms with Crippen LogP contribution in [0.2, 0.25) is 5.02 Å². The number of hydrogen-bond acceptors (Lipinski definition) is 4. The number of phenols is 1. The predicted molar refractivity (Wildman–Crippen MR) is 112 cm³/mol. The van der Waals surface area contributed by atoms with Gasteiger partial charge in [0.15, 0.2) is 0 Å². The van der Waals surface area contributed by atoms with E-state index >= 15 is 0 Å². The average molecular weight is 391 g/mol. The van der Waals surface area contributed by atoms with Crippen molar-refractivity contribution in [3.05, 3.63) is 93.7 Å². The lowest BCUT2D eigenvalue weighted by Crippen LogP contribution is -2.20. The molecule has 4 aromatic rings. The van der Waals surface area contributed by atoms with Crippen LogP contribution in [0.5, 0.6) is 11.6 Å². The summed E-state index contributed by atoms with van der Waals surface area (Å²) >= 11 is 6.26. The molecule has 0 aliphatic carbocycles. The monoisotopic (exact) mass is 390 g/mol. The Morgan fingerprint density at radius 2 is 1.61 bits per heavy atom. The van der Waals surface area contributed by atoms with Crippen LogP contribution < -0.4 is 5.56 Å². The third-order valence-electron chi connectivity index (χ3n) is 4.37. The van der Waals surface area contributed by atoms with Gasteiger partial charge in [-0.25, -0.2) is 4.57 Å². The van der Waals surface area contributed by atoms with Crippen LogP contribution in [-0.2, 0) is 0 Å². The first kappa shape index (κ1) is 17.8. The molecule has 138 valence electrons. The molecule has 0 aliphatic rings. The van der Waals surface area contributed by atoms with E-state index in [2.05, 4.69) is 4.99 Å². The van der Waals surface area contributed by atoms with Gasteiger partial charge in [-0.1, -0.05) is 48.0 Å². The van der Waals surface area contributed by atoms with E-state index < -0.39 is 0 Å². The number of para-hydroxylation sites is 1. The van der Waals surface area contributed by atoms with Gasteiger partial charge in [-0.15, -0.1) is 0 Å². The van der Waals surface area contributed by atoms with E-state index in [0.717, 1.165) is 0 Å². The highest BCUT2D eigenvalue weighted by atomic mass is 35.5. The molecular weight excluding hydrogens is 376 g/mol. The minimum absolute atomic E-state index is 0.0877. The first-order chi connectivity index (χ1) is 13.6. The summed E-state index contributed by atoms with van der Waals surface area (Å²) in [5.41, 5.74) is 0.887. The molecule has 3 aromatic carbocycles. The molecular formula is C22H15ClN2O3. The van der Waals surface area contributed by atoms with Crippen LogP contribution in [0.4, 0.5) is 5.69 Å². The van der Waals surface area contributed by atoms with Crippen molar-refractivity contribution in [3.8, 4) is 17.3 Å². The summed E-state index contributed by atoms with van der Waals surface area (Å²) in [5.74, 6) is -0.175. The van der Waals surface area contributed by atoms with E-state index in [9.17, 15) is 15.0 Å². The van der Waals surface area contributed by atoms with Gasteiger partial charge in [-0.3, -0.25) is 9.79 Å². The molecule has 0 amide bonds. The minimum atomic E-state index is -0.379. The molecule has 0 fully saturated rings. The quantitative estimate of drug-likeness (QED) is 0.493. The lowest BCUT2D eigenvalue weighted by molar-refractivity contribution is 0.436. The third kappa shape index (κ3) is 3.12. The molecule has 28 heavy (non-hydrogen) atoms. The number of rotatable bonds is 3. The second-order valence-corrected chi connectivity index (χ2v) is 6.56. The fourth-order valence-corrected chi connectivity index (χ4v) is 3.28. The summed E-state index contributed by atoms with van der Waals surface area (Å²) in [6, 6.07) is 20.2. The number of halogens is 1. The van der Waals surface area contributed by atoms with Crippen LogP contribution in [0.3, 0.4) is 0 Å². The Bertz CT molecular complexity index is 1280. The van der Waals surface area contributed by atoms with Crippen molar-refractivity contribution in [2.75, 3.05) is 0 Å². The van der Waals surface area contributed by atoms with Gasteiger partial charge >= 0.3 is 0 Å². The van der Waals surface area contributed by atoms with E-state index in [1.165, 1.54) is 16.8 Å². The number of aliphatic imine (C=N–C) groups is 1. The van der Waals surface area contributed by atoms with Crippen molar-refractivity contribution in [2.24, 2.45) is 4.99 Å². The highest BCUT2D eigenvalue weighted by molar-refractivity contribution is 6.32. The highest BCUT2D eigenvalue weighted by Crippen LogP contribution is 2.29. The van der Waals surface area contributed by atoms with Crippen molar-refractivity contribution < 1.29 is 10.2 Å². The zero-order valence-corrected chi connectivity index (χ0v) is 15.3. The standard InChI is InChI=1S/C22H15ClN2O3/c23-19-10-3-4-11-20(19)25-21(27)17-9-2-1-8-16(17)18(22(25)28)13-24-14-6-5-7-15(26)12-14/h1-13,26,28H. The molecule has 0 atom stereocenters. The molecule has 1 aromatic heterocycles. The number of fused-ring (bicyclic) bond motifs is 1. The summed E-state index contributed by atoms with van der Waals surface area (Å²) in [6.45, 7) is 0. The number of aromatic hydroxyl groups is 2. The lowest BCUT2D eigenvalue weighted by atomic mass is 10.1. The highest BCUT2D eigenvalue weighted by Gasteiger charge is 2.17. The maximum atomic E-state index is 13.0. The SMILES string of the molecule is O=c1c2ccccc2c(C=Nc2cccc(O)c2)c(O)n1-c1ccccc1Cl. The number of phenolic OH excluding ortho intramolecular Hbond substituents is 1. The summed E-state index contributed by atoms with van der Waals surface area (Å²) in [6.07, 6.45) is 1.47. The number of benzene rings is 3. The van der Waals surface area contributed by atoms with Gasteiger partial charge in [-0.2, -0.15) is 0 Å². The maximum absolute atomic E-state index is 13.0. The third-order valence-corrected chi connectivity index (χ3v) is 4.69. The molecule has 0 bridgehead atoms. The zero-order chi connectivity index (χ0) is 19.7. The first-order valence-corrected chi connectivity index (χ1v) is 8.89. The summed E-state index contributed by atoms with van der Waals surface area (Å²) in [5, 5.41) is 21.9. The smallest absolute Gasteiger partial charge is 0.265 e. The largest absolute Gasteiger partial charge is 0.508 e. The van der Waals surface area contributed by atoms with Gasteiger partial charge in [0.25, 0.3) is 5.56 Å². The fourth-order valence-electron chi connectivity index (χ4n) is 3.06. The van der Waals surface area contributed by atoms with Crippen molar-refractivity contribution in [1.29, 1.82) is 0 Å². The molecule has 4 rings (SSSR count). The van der Waals surface area contributed by atoms with Crippen molar-refractivity contribution in [2.45, 2.75) is 0 Å². The van der Waals surface area contributed by atoms with Crippen molar-refractivity contribution >= 4 is 34.3 Å². The van der Waals surface area contributed by atoms with Crippen molar-refractivity contribution in [3.63, 3.8) is 0 Å². The topological polar surface area (TPSA) is 74.8 Å². The molecule has 6 heteroatoms. The van der Waals surface area contributed by atoms with Crippen LogP contribution in [-0.4, -0.2) is 21.0 Å². The maximum Gasteiger partial charge on any atom is 0.265 e. The van der Waals surface area contributed by atoms with Crippen LogP contribution in [0.15, 0.2) is 82.6 Å². The predicted octanol–water partition coefficient (Wildman–Crippen LogP) is 4.81. The Morgan fingerprint density at radius 1 is 0.893 bits per heavy atom. The Kier molecular flexibility index (Phi) is 4.59. The molecule has 0 radical (unpaired) electrons. The number of aromatic nitrogens is 1. The van der Waals surface area contributed by atoms with Gasteiger partial charge in [0.05, 0.1) is 22.0 Å². The Morgan fingerprint density at radius 3 is 2.36 bits per heavy atom. The Balaban J connectivity index is 2.01. The van der Waals surface area contributed by atoms with Gasteiger partial charge in [0.2, 0.25) is 5.88 Å². The zero-order valence-electron chi connectivity index (χ0n) is 14.6. The molecule has 0 saturated carbocycles. The minimum Gasteiger partial charge on any atom is -0.508 e. The second kappa shape index (κ2) is 7.21. The first-order valence-electron chi connectivity index (χ1n) is 8.51. The normalized spacial score (nSPS) is 11.3. The summed E-state index contributed by atoms with van der Waals surface area (Å²) < 4.78 is 1.18. The van der Waals surface area contributed by atoms with Crippen LogP contribution >= 0.6 is 11.6 Å². The molecule has 5 nitrogen and oxygen atoms in total. The molecule has 0 aliphatic heterocycles. The summed E-state index contributed by atoms with van der Waals surface area (Å²) in [7, 11) is 0. The number of hydrogen-bond donors (Lipinski definition) is 2. The van der Waals surface area contributed by atoms with Crippen LogP contribution in [0.25, 0.3) is 16.5 Å². The Hall–Kier alpha value is -3.57. The number of nitrogens with zero attached hydrogens (tertiary/aromatic N) is 2. The van der Waals surface area contributed by atoms with Crippen LogP contribution in [0.1, 0.15) is 5.56 Å². The van der Waals surface area contributed by atoms with Gasteiger partial charge in [0.1, 0.15) is 5.75 Å². The average Bonchev–Trinajstić information content (AvgIpc) is 2.69. The molecule has 0 saturated heterocycles. The second-order valence-electron chi connectivity index (χ2n) is 6.15. The fraction of sp³-hybridized carbons (Fsp3) is 0. The van der Waals surface area contributed by atoms with E-state index in [0.29, 0.717) is 32.7 Å². The lowest BCUT2D eigenvalue weighted by Gasteiger charge is -2.14. The van der Waals surface area contributed by atoms with E-state index in [1.807, 2.05) is 0 Å². The van der Waals surface area contributed by atoms with E-state index in [4.69, 9.17) is 11.6 Å². The van der Waals surface area contributed by atoms with Crippen LogP contribution in [0, 0.1) is 0 Å². The van der Waals surface area contributed by atoms with E-state index in [-0.39, 0.29) is 17.2 Å². The van der Waals surface area contributed by atoms with Crippen molar-refractivity contribution in [1.82, 2.24) is 4.57 Å². The molecule has 2 N–H and O–H groups in total. The molecule has 0 spiro atoms. The van der Waals surface area contributed by atoms with Gasteiger partial charge in [-0.05, 0) is 30.3 Å². The van der Waals surface area contributed by atoms with Gasteiger partial charge < -0.3 is 10.2 Å².